The molecule has 1 saturated carbocycles. The molecule has 1 aromatic rings. The van der Waals surface area contributed by atoms with Crippen molar-refractivity contribution in [3.05, 3.63) is 35.4 Å². The summed E-state index contributed by atoms with van der Waals surface area (Å²) in [6.45, 7) is 3.65. The van der Waals surface area contributed by atoms with Crippen LogP contribution in [-0.4, -0.2) is 22.8 Å². The van der Waals surface area contributed by atoms with Crippen molar-refractivity contribution in [2.24, 2.45) is 11.3 Å². The van der Waals surface area contributed by atoms with Crippen molar-refractivity contribution in [2.45, 2.75) is 39.5 Å². The molecule has 0 atom stereocenters. The fraction of sp³-hybridized carbons (Fsp3) is 0.471. The first-order valence-electron chi connectivity index (χ1n) is 7.63. The zero-order valence-electron chi connectivity index (χ0n) is 12.8. The highest BCUT2D eigenvalue weighted by atomic mass is 16.7. The first-order chi connectivity index (χ1) is 10.4. The van der Waals surface area contributed by atoms with E-state index in [9.17, 15) is 14.4 Å². The van der Waals surface area contributed by atoms with Gasteiger partial charge in [-0.15, -0.1) is 0 Å². The van der Waals surface area contributed by atoms with Crippen molar-refractivity contribution < 1.29 is 19.2 Å². The average Bonchev–Trinajstić information content (AvgIpc) is 3.12. The van der Waals surface area contributed by atoms with Crippen LogP contribution in [0, 0.1) is 11.3 Å². The van der Waals surface area contributed by atoms with Crippen LogP contribution in [0.1, 0.15) is 60.2 Å². The summed E-state index contributed by atoms with van der Waals surface area (Å²) in [4.78, 5) is 42.1. The molecule has 2 amide bonds. The van der Waals surface area contributed by atoms with Gasteiger partial charge in [-0.05, 0) is 44.7 Å². The number of carbonyl (C=O) groups excluding carboxylic acids is 3. The molecule has 116 valence electrons. The summed E-state index contributed by atoms with van der Waals surface area (Å²) in [5.41, 5.74) is -0.149. The van der Waals surface area contributed by atoms with Gasteiger partial charge in [-0.3, -0.25) is 9.59 Å². The maximum atomic E-state index is 12.5. The second-order valence-electron chi connectivity index (χ2n) is 6.53. The second-order valence-corrected chi connectivity index (χ2v) is 6.53. The number of fused-ring (bicyclic) bond motifs is 1. The Hall–Kier alpha value is -2.17. The third-order valence-corrected chi connectivity index (χ3v) is 4.83. The number of amides is 2. The Balaban J connectivity index is 1.78. The van der Waals surface area contributed by atoms with E-state index in [0.717, 1.165) is 25.7 Å². The van der Waals surface area contributed by atoms with Crippen molar-refractivity contribution >= 4 is 17.8 Å². The minimum absolute atomic E-state index is 0.232. The first-order valence-corrected chi connectivity index (χ1v) is 7.63. The maximum Gasteiger partial charge on any atom is 0.339 e. The van der Waals surface area contributed by atoms with Crippen molar-refractivity contribution in [3.63, 3.8) is 0 Å². The van der Waals surface area contributed by atoms with Gasteiger partial charge in [-0.1, -0.05) is 30.0 Å². The monoisotopic (exact) mass is 301 g/mol. The van der Waals surface area contributed by atoms with Gasteiger partial charge in [0.05, 0.1) is 16.5 Å². The highest BCUT2D eigenvalue weighted by molar-refractivity contribution is 6.20. The molecule has 0 spiro atoms. The van der Waals surface area contributed by atoms with Crippen LogP contribution >= 0.6 is 0 Å². The van der Waals surface area contributed by atoms with Gasteiger partial charge in [-0.25, -0.2) is 4.79 Å². The van der Waals surface area contributed by atoms with E-state index in [1.807, 2.05) is 13.8 Å². The third kappa shape index (κ3) is 2.21. The van der Waals surface area contributed by atoms with Crippen LogP contribution in [-0.2, 0) is 9.63 Å². The summed E-state index contributed by atoms with van der Waals surface area (Å²) in [6.07, 6.45) is 4.16. The molecule has 1 aliphatic heterocycles. The second kappa shape index (κ2) is 5.23. The molecule has 0 saturated heterocycles. The predicted molar refractivity (Wildman–Crippen MR) is 78.8 cm³/mol. The zero-order chi connectivity index (χ0) is 15.9. The largest absolute Gasteiger partial charge is 0.339 e. The molecule has 1 heterocycles. The highest BCUT2D eigenvalue weighted by Gasteiger charge is 2.44. The van der Waals surface area contributed by atoms with Gasteiger partial charge in [0.1, 0.15) is 0 Å². The topological polar surface area (TPSA) is 63.7 Å². The van der Waals surface area contributed by atoms with E-state index >= 15 is 0 Å². The minimum Gasteiger partial charge on any atom is -0.329 e. The Morgan fingerprint density at radius 2 is 1.59 bits per heavy atom. The van der Waals surface area contributed by atoms with Gasteiger partial charge >= 0.3 is 5.97 Å². The number of hydroxylamine groups is 2. The number of rotatable bonds is 3. The van der Waals surface area contributed by atoms with Crippen molar-refractivity contribution in [1.29, 1.82) is 0 Å². The Kier molecular flexibility index (Phi) is 3.51. The lowest BCUT2D eigenvalue weighted by atomic mass is 9.78. The van der Waals surface area contributed by atoms with E-state index in [-0.39, 0.29) is 17.0 Å². The smallest absolute Gasteiger partial charge is 0.329 e. The predicted octanol–water partition coefficient (Wildman–Crippen LogP) is 2.96. The SMILES string of the molecule is CC(C)(C(=O)ON1C(=O)c2ccccc2C1=O)C1CCCC1. The highest BCUT2D eigenvalue weighted by Crippen LogP contribution is 2.40. The third-order valence-electron chi connectivity index (χ3n) is 4.83. The molecule has 1 fully saturated rings. The summed E-state index contributed by atoms with van der Waals surface area (Å²) in [5.74, 6) is -1.43. The Morgan fingerprint density at radius 3 is 2.09 bits per heavy atom. The van der Waals surface area contributed by atoms with E-state index in [2.05, 4.69) is 0 Å². The van der Waals surface area contributed by atoms with Gasteiger partial charge in [0.15, 0.2) is 0 Å². The standard InChI is InChI=1S/C17H19NO4/c1-17(2,11-7-3-4-8-11)16(21)22-18-14(19)12-9-5-6-10-13(12)15(18)20/h5-6,9-11H,3-4,7-8H2,1-2H3. The summed E-state index contributed by atoms with van der Waals surface area (Å²) >= 11 is 0. The molecule has 5 nitrogen and oxygen atoms in total. The van der Waals surface area contributed by atoms with Crippen LogP contribution in [0.5, 0.6) is 0 Å². The fourth-order valence-electron chi connectivity index (χ4n) is 3.26. The molecule has 5 heteroatoms. The molecule has 1 aromatic carbocycles. The number of hydrogen-bond acceptors (Lipinski definition) is 4. The van der Waals surface area contributed by atoms with Gasteiger partial charge in [0.25, 0.3) is 11.8 Å². The molecule has 22 heavy (non-hydrogen) atoms. The number of imide groups is 1. The van der Waals surface area contributed by atoms with Crippen LogP contribution in [0.2, 0.25) is 0 Å². The van der Waals surface area contributed by atoms with Crippen molar-refractivity contribution in [3.8, 4) is 0 Å². The molecule has 0 N–H and O–H groups in total. The number of benzene rings is 1. The van der Waals surface area contributed by atoms with E-state index < -0.39 is 23.2 Å². The van der Waals surface area contributed by atoms with Gasteiger partial charge in [0.2, 0.25) is 0 Å². The Bertz CT molecular complexity index is 609. The average molecular weight is 301 g/mol. The van der Waals surface area contributed by atoms with Crippen molar-refractivity contribution in [1.82, 2.24) is 5.06 Å². The van der Waals surface area contributed by atoms with Crippen LogP contribution in [0.4, 0.5) is 0 Å². The number of hydrogen-bond donors (Lipinski definition) is 0. The molecular weight excluding hydrogens is 282 g/mol. The van der Waals surface area contributed by atoms with E-state index in [1.54, 1.807) is 24.3 Å². The maximum absolute atomic E-state index is 12.5. The molecular formula is C17H19NO4. The zero-order valence-corrected chi connectivity index (χ0v) is 12.8. The lowest BCUT2D eigenvalue weighted by Gasteiger charge is -2.29. The number of nitrogens with zero attached hydrogens (tertiary/aromatic N) is 1. The van der Waals surface area contributed by atoms with Gasteiger partial charge in [-0.2, -0.15) is 0 Å². The molecule has 0 aromatic heterocycles. The lowest BCUT2D eigenvalue weighted by Crippen LogP contribution is -2.40. The van der Waals surface area contributed by atoms with E-state index in [4.69, 9.17) is 4.84 Å². The van der Waals surface area contributed by atoms with Gasteiger partial charge in [0, 0.05) is 0 Å². The Morgan fingerprint density at radius 1 is 1.09 bits per heavy atom. The summed E-state index contributed by atoms with van der Waals surface area (Å²) in [6, 6.07) is 6.48. The summed E-state index contributed by atoms with van der Waals surface area (Å²) < 4.78 is 0. The summed E-state index contributed by atoms with van der Waals surface area (Å²) in [7, 11) is 0. The molecule has 0 bridgehead atoms. The Labute approximate surface area is 129 Å². The van der Waals surface area contributed by atoms with Crippen molar-refractivity contribution in [2.75, 3.05) is 0 Å². The molecule has 0 radical (unpaired) electrons. The fourth-order valence-corrected chi connectivity index (χ4v) is 3.26. The summed E-state index contributed by atoms with van der Waals surface area (Å²) in [5, 5.41) is 0.601. The lowest BCUT2D eigenvalue weighted by molar-refractivity contribution is -0.182. The minimum atomic E-state index is -0.703. The van der Waals surface area contributed by atoms with Crippen LogP contribution in [0.3, 0.4) is 0 Å². The van der Waals surface area contributed by atoms with Crippen LogP contribution < -0.4 is 0 Å². The number of carbonyl (C=O) groups is 3. The quantitative estimate of drug-likeness (QED) is 0.805. The van der Waals surface area contributed by atoms with Gasteiger partial charge < -0.3 is 4.84 Å². The molecule has 0 unspecified atom stereocenters. The van der Waals surface area contributed by atoms with Crippen LogP contribution in [0.15, 0.2) is 24.3 Å². The van der Waals surface area contributed by atoms with E-state index in [1.165, 1.54) is 0 Å². The van der Waals surface area contributed by atoms with Crippen LogP contribution in [0.25, 0.3) is 0 Å². The molecule has 2 aliphatic rings. The van der Waals surface area contributed by atoms with E-state index in [0.29, 0.717) is 5.06 Å². The molecule has 1 aliphatic carbocycles. The first kappa shape index (κ1) is 14.8. The normalized spacial score (nSPS) is 18.7. The molecule has 3 rings (SSSR count).